The number of carbonyl (C=O) groups excluding carboxylic acids is 1. The highest BCUT2D eigenvalue weighted by Gasteiger charge is 2.31. The van der Waals surface area contributed by atoms with Crippen molar-refractivity contribution in [3.05, 3.63) is 70.1 Å². The normalized spacial score (nSPS) is 12.6. The van der Waals surface area contributed by atoms with E-state index in [2.05, 4.69) is 5.32 Å². The highest BCUT2D eigenvalue weighted by molar-refractivity contribution is 5.76. The van der Waals surface area contributed by atoms with Crippen molar-refractivity contribution in [1.82, 2.24) is 9.88 Å². The summed E-state index contributed by atoms with van der Waals surface area (Å²) in [5, 5.41) is 2.79. The minimum absolute atomic E-state index is 0.250. The van der Waals surface area contributed by atoms with E-state index in [-0.39, 0.29) is 6.04 Å². The molecule has 0 saturated heterocycles. The lowest BCUT2D eigenvalue weighted by molar-refractivity contribution is -0.138. The van der Waals surface area contributed by atoms with Gasteiger partial charge in [-0.05, 0) is 18.1 Å². The average molecular weight is 352 g/mol. The van der Waals surface area contributed by atoms with Gasteiger partial charge in [0.2, 0.25) is 5.91 Å². The van der Waals surface area contributed by atoms with Gasteiger partial charge in [-0.3, -0.25) is 9.59 Å². The van der Waals surface area contributed by atoms with Crippen LogP contribution < -0.4 is 10.9 Å². The predicted molar refractivity (Wildman–Crippen MR) is 87.9 cm³/mol. The molecule has 1 N–H and O–H groups in total. The van der Waals surface area contributed by atoms with Gasteiger partial charge in [0.05, 0.1) is 11.6 Å². The predicted octanol–water partition coefficient (Wildman–Crippen LogP) is 3.52. The van der Waals surface area contributed by atoms with Crippen LogP contribution in [-0.2, 0) is 17.5 Å². The number of rotatable bonds is 6. The van der Waals surface area contributed by atoms with E-state index in [0.29, 0.717) is 18.7 Å². The molecule has 0 bridgehead atoms. The number of amides is 1. The van der Waals surface area contributed by atoms with Gasteiger partial charge in [-0.1, -0.05) is 43.7 Å². The second-order valence-electron chi connectivity index (χ2n) is 5.70. The molecule has 4 nitrogen and oxygen atoms in total. The van der Waals surface area contributed by atoms with Crippen molar-refractivity contribution in [3.63, 3.8) is 0 Å². The van der Waals surface area contributed by atoms with Crippen molar-refractivity contribution in [1.29, 1.82) is 0 Å². The van der Waals surface area contributed by atoms with Crippen molar-refractivity contribution in [2.75, 3.05) is 0 Å². The lowest BCUT2D eigenvalue weighted by Crippen LogP contribution is -2.34. The van der Waals surface area contributed by atoms with Crippen LogP contribution >= 0.6 is 0 Å². The van der Waals surface area contributed by atoms with Gasteiger partial charge in [-0.15, -0.1) is 0 Å². The summed E-state index contributed by atoms with van der Waals surface area (Å²) in [6.07, 6.45) is -2.39. The first-order chi connectivity index (χ1) is 11.8. The summed E-state index contributed by atoms with van der Waals surface area (Å²) < 4.78 is 39.0. The maximum absolute atomic E-state index is 12.8. The summed E-state index contributed by atoms with van der Waals surface area (Å²) in [6.45, 7) is 1.51. The zero-order valence-electron chi connectivity index (χ0n) is 13.7. The summed E-state index contributed by atoms with van der Waals surface area (Å²) in [6, 6.07) is 10.6. The molecule has 0 saturated carbocycles. The van der Waals surface area contributed by atoms with Crippen molar-refractivity contribution in [3.8, 4) is 0 Å². The Morgan fingerprint density at radius 2 is 1.84 bits per heavy atom. The van der Waals surface area contributed by atoms with Crippen LogP contribution in [0.25, 0.3) is 0 Å². The first-order valence-corrected chi connectivity index (χ1v) is 7.93. The standard InChI is InChI=1S/C18H19F3N2O2/c1-2-6-15(13-7-4-3-5-8-13)22-16(24)12-23-11-14(18(19,20)21)9-10-17(23)25/h3-5,7-11,15H,2,6,12H2,1H3,(H,22,24)/t15-/m0/s1. The number of hydrogen-bond donors (Lipinski definition) is 1. The van der Waals surface area contributed by atoms with Gasteiger partial charge in [0.15, 0.2) is 0 Å². The van der Waals surface area contributed by atoms with Crippen LogP contribution in [0.3, 0.4) is 0 Å². The van der Waals surface area contributed by atoms with E-state index in [4.69, 9.17) is 0 Å². The molecule has 0 fully saturated rings. The minimum Gasteiger partial charge on any atom is -0.348 e. The van der Waals surface area contributed by atoms with Gasteiger partial charge in [-0.25, -0.2) is 0 Å². The summed E-state index contributed by atoms with van der Waals surface area (Å²) in [5.41, 5.74) is -0.711. The Hall–Kier alpha value is -2.57. The molecule has 2 aromatic rings. The lowest BCUT2D eigenvalue weighted by atomic mass is 10.0. The van der Waals surface area contributed by atoms with Crippen LogP contribution in [0.4, 0.5) is 13.2 Å². The monoisotopic (exact) mass is 352 g/mol. The van der Waals surface area contributed by atoms with Gasteiger partial charge in [0.25, 0.3) is 5.56 Å². The van der Waals surface area contributed by atoms with Crippen LogP contribution in [-0.4, -0.2) is 10.5 Å². The maximum Gasteiger partial charge on any atom is 0.417 e. The first-order valence-electron chi connectivity index (χ1n) is 7.93. The Balaban J connectivity index is 2.15. The second-order valence-corrected chi connectivity index (χ2v) is 5.70. The van der Waals surface area contributed by atoms with E-state index in [1.807, 2.05) is 37.3 Å². The van der Waals surface area contributed by atoms with E-state index in [1.54, 1.807) is 0 Å². The fraction of sp³-hybridized carbons (Fsp3) is 0.333. The topological polar surface area (TPSA) is 51.1 Å². The number of alkyl halides is 3. The third-order valence-electron chi connectivity index (χ3n) is 3.74. The third kappa shape index (κ3) is 5.20. The van der Waals surface area contributed by atoms with Crippen LogP contribution in [0.1, 0.15) is 36.9 Å². The number of benzene rings is 1. The van der Waals surface area contributed by atoms with E-state index >= 15 is 0 Å². The number of hydrogen-bond acceptors (Lipinski definition) is 2. The molecular weight excluding hydrogens is 333 g/mol. The number of halogens is 3. The molecule has 0 spiro atoms. The lowest BCUT2D eigenvalue weighted by Gasteiger charge is -2.19. The fourth-order valence-electron chi connectivity index (χ4n) is 2.51. The molecule has 2 rings (SSSR count). The smallest absolute Gasteiger partial charge is 0.348 e. The second kappa shape index (κ2) is 8.00. The quantitative estimate of drug-likeness (QED) is 0.865. The molecule has 1 aromatic carbocycles. The number of pyridine rings is 1. The van der Waals surface area contributed by atoms with Gasteiger partial charge >= 0.3 is 6.18 Å². The third-order valence-corrected chi connectivity index (χ3v) is 3.74. The summed E-state index contributed by atoms with van der Waals surface area (Å²) >= 11 is 0. The Labute approximate surface area is 143 Å². The molecule has 7 heteroatoms. The van der Waals surface area contributed by atoms with Crippen molar-refractivity contribution >= 4 is 5.91 Å². The minimum atomic E-state index is -4.57. The SMILES string of the molecule is CCC[C@H](NC(=O)Cn1cc(C(F)(F)F)ccc1=O)c1ccccc1. The van der Waals surface area contributed by atoms with E-state index in [0.717, 1.165) is 22.6 Å². The van der Waals surface area contributed by atoms with Crippen LogP contribution in [0.15, 0.2) is 53.5 Å². The number of carbonyl (C=O) groups is 1. The Kier molecular flexibility index (Phi) is 6.01. The van der Waals surface area contributed by atoms with Crippen LogP contribution in [0, 0.1) is 0 Å². The van der Waals surface area contributed by atoms with E-state index in [1.165, 1.54) is 0 Å². The molecule has 1 heterocycles. The van der Waals surface area contributed by atoms with Crippen LogP contribution in [0.5, 0.6) is 0 Å². The molecule has 0 radical (unpaired) electrons. The van der Waals surface area contributed by atoms with Gasteiger partial charge in [-0.2, -0.15) is 13.2 Å². The highest BCUT2D eigenvalue weighted by Crippen LogP contribution is 2.28. The molecule has 25 heavy (non-hydrogen) atoms. The van der Waals surface area contributed by atoms with Crippen LogP contribution in [0.2, 0.25) is 0 Å². The Bertz CT molecular complexity index is 770. The molecule has 0 unspecified atom stereocenters. The Morgan fingerprint density at radius 1 is 1.16 bits per heavy atom. The van der Waals surface area contributed by atoms with Gasteiger partial charge < -0.3 is 9.88 Å². The zero-order chi connectivity index (χ0) is 18.4. The average Bonchev–Trinajstić information content (AvgIpc) is 2.56. The van der Waals surface area contributed by atoms with Gasteiger partial charge in [0.1, 0.15) is 6.54 Å². The van der Waals surface area contributed by atoms with E-state index < -0.39 is 29.8 Å². The van der Waals surface area contributed by atoms with E-state index in [9.17, 15) is 22.8 Å². The molecule has 0 aliphatic rings. The number of nitrogens with zero attached hydrogens (tertiary/aromatic N) is 1. The first kappa shape index (κ1) is 18.8. The van der Waals surface area contributed by atoms with Gasteiger partial charge in [0, 0.05) is 12.3 Å². The summed E-state index contributed by atoms with van der Waals surface area (Å²) in [7, 11) is 0. The molecule has 1 amide bonds. The maximum atomic E-state index is 12.8. The number of nitrogens with one attached hydrogen (secondary N) is 1. The summed E-state index contributed by atoms with van der Waals surface area (Å²) in [4.78, 5) is 24.0. The summed E-state index contributed by atoms with van der Waals surface area (Å²) in [5.74, 6) is -0.510. The molecule has 134 valence electrons. The molecule has 0 aliphatic heterocycles. The molecule has 1 atom stereocenters. The van der Waals surface area contributed by atoms with Crippen molar-refractivity contribution in [2.24, 2.45) is 0 Å². The largest absolute Gasteiger partial charge is 0.417 e. The highest BCUT2D eigenvalue weighted by atomic mass is 19.4. The molecule has 1 aromatic heterocycles. The Morgan fingerprint density at radius 3 is 2.44 bits per heavy atom. The van der Waals surface area contributed by atoms with Crippen molar-refractivity contribution in [2.45, 2.75) is 38.5 Å². The fourth-order valence-corrected chi connectivity index (χ4v) is 2.51. The zero-order valence-corrected chi connectivity index (χ0v) is 13.7. The number of aromatic nitrogens is 1. The molecule has 0 aliphatic carbocycles. The molecular formula is C18H19F3N2O2. The van der Waals surface area contributed by atoms with Crippen molar-refractivity contribution < 1.29 is 18.0 Å².